The van der Waals surface area contributed by atoms with Gasteiger partial charge >= 0.3 is 6.36 Å². The molecule has 3 atom stereocenters. The number of nitrogens with one attached hydrogen (secondary N) is 4. The molecule has 4 amide bonds. The number of likely N-dealkylation sites (tertiary alicyclic amines) is 1. The van der Waals surface area contributed by atoms with Crippen molar-refractivity contribution in [1.29, 1.82) is 0 Å². The van der Waals surface area contributed by atoms with Gasteiger partial charge in [-0.25, -0.2) is 15.0 Å². The average Bonchev–Trinajstić information content (AvgIpc) is 3.86. The van der Waals surface area contributed by atoms with Crippen LogP contribution in [0.1, 0.15) is 48.8 Å². The molecule has 19 heteroatoms. The maximum Gasteiger partial charge on any atom is 0.573 e. The maximum absolute atomic E-state index is 14.0. The Morgan fingerprint density at radius 2 is 1.68 bits per heavy atom. The molecule has 15 nitrogen and oxygen atoms in total. The highest BCUT2D eigenvalue weighted by atomic mass is 32.1. The van der Waals surface area contributed by atoms with Gasteiger partial charge in [-0.15, -0.1) is 24.5 Å². The van der Waals surface area contributed by atoms with Gasteiger partial charge in [0, 0.05) is 48.9 Å². The number of halogens is 3. The van der Waals surface area contributed by atoms with E-state index in [0.717, 1.165) is 21.7 Å². The van der Waals surface area contributed by atoms with Gasteiger partial charge in [0.15, 0.2) is 0 Å². The fraction of sp³-hybridized carbons (Fsp3) is 0.341. The zero-order valence-electron chi connectivity index (χ0n) is 34.9. The minimum Gasteiger partial charge on any atom is -0.406 e. The van der Waals surface area contributed by atoms with E-state index < -0.39 is 60.2 Å². The third kappa shape index (κ3) is 12.8. The van der Waals surface area contributed by atoms with Gasteiger partial charge in [-0.1, -0.05) is 57.2 Å². The van der Waals surface area contributed by atoms with Crippen molar-refractivity contribution in [3.05, 3.63) is 108 Å². The number of thiazole rings is 1. The second-order valence-corrected chi connectivity index (χ2v) is 16.7. The SMILES string of the molecule is Cc1ncsc1-c1ccc(CNC(=O)[C@@H]2C[C@@H](O)CN2C(=O)C(NC(=O)COCCNC(=O)c2cccc(-c3cc(Nc4ccc(OC(F)(F)F)cc4)ncn3)c2)C(C)(C)C)cc1. The number of aliphatic hydroxyl groups excluding tert-OH is 1. The van der Waals surface area contributed by atoms with E-state index in [0.29, 0.717) is 28.3 Å². The van der Waals surface area contributed by atoms with Crippen molar-refractivity contribution in [2.75, 3.05) is 31.6 Å². The van der Waals surface area contributed by atoms with E-state index in [1.54, 1.807) is 68.0 Å². The van der Waals surface area contributed by atoms with Crippen molar-refractivity contribution < 1.29 is 46.9 Å². The molecule has 332 valence electrons. The van der Waals surface area contributed by atoms with Crippen molar-refractivity contribution in [2.45, 2.75) is 65.2 Å². The lowest BCUT2D eigenvalue weighted by molar-refractivity contribution is -0.274. The minimum atomic E-state index is -4.80. The molecular formula is C44H47F3N8O7S. The lowest BCUT2D eigenvalue weighted by Gasteiger charge is -2.35. The summed E-state index contributed by atoms with van der Waals surface area (Å²) in [7, 11) is 0. The molecule has 1 saturated heterocycles. The lowest BCUT2D eigenvalue weighted by atomic mass is 9.85. The number of ether oxygens (including phenoxy) is 2. The quantitative estimate of drug-likeness (QED) is 0.0755. The highest BCUT2D eigenvalue weighted by Crippen LogP contribution is 2.29. The summed E-state index contributed by atoms with van der Waals surface area (Å²) in [5.74, 6) is -1.92. The summed E-state index contributed by atoms with van der Waals surface area (Å²) >= 11 is 1.55. The van der Waals surface area contributed by atoms with Gasteiger partial charge in [0.2, 0.25) is 17.7 Å². The number of aryl methyl sites for hydroxylation is 1. The van der Waals surface area contributed by atoms with Crippen molar-refractivity contribution in [3.63, 3.8) is 0 Å². The Morgan fingerprint density at radius 3 is 2.37 bits per heavy atom. The molecule has 0 spiro atoms. The predicted molar refractivity (Wildman–Crippen MR) is 229 cm³/mol. The Balaban J connectivity index is 0.959. The molecule has 0 aliphatic carbocycles. The molecule has 3 heterocycles. The summed E-state index contributed by atoms with van der Waals surface area (Å²) in [6, 6.07) is 19.2. The molecule has 5 N–H and O–H groups in total. The number of anilines is 2. The third-order valence-corrected chi connectivity index (χ3v) is 10.9. The summed E-state index contributed by atoms with van der Waals surface area (Å²) in [5.41, 5.74) is 5.70. The van der Waals surface area contributed by atoms with Gasteiger partial charge in [-0.3, -0.25) is 19.2 Å². The molecule has 1 fully saturated rings. The molecule has 1 aliphatic heterocycles. The van der Waals surface area contributed by atoms with Gasteiger partial charge in [0.1, 0.15) is 36.6 Å². The molecule has 2 aromatic heterocycles. The summed E-state index contributed by atoms with van der Waals surface area (Å²) in [4.78, 5) is 68.6. The summed E-state index contributed by atoms with van der Waals surface area (Å²) in [6.07, 6.45) is -4.36. The lowest BCUT2D eigenvalue weighted by Crippen LogP contribution is -2.58. The molecule has 0 radical (unpaired) electrons. The van der Waals surface area contributed by atoms with E-state index in [1.165, 1.54) is 35.5 Å². The Hall–Kier alpha value is -6.44. The van der Waals surface area contributed by atoms with Crippen LogP contribution in [-0.4, -0.2) is 99.4 Å². The van der Waals surface area contributed by atoms with Crippen LogP contribution in [0, 0.1) is 12.3 Å². The monoisotopic (exact) mass is 888 g/mol. The Kier molecular flexibility index (Phi) is 14.7. The smallest absolute Gasteiger partial charge is 0.406 e. The van der Waals surface area contributed by atoms with Crippen LogP contribution >= 0.6 is 11.3 Å². The van der Waals surface area contributed by atoms with Crippen LogP contribution in [-0.2, 0) is 25.7 Å². The first-order chi connectivity index (χ1) is 29.9. The zero-order chi connectivity index (χ0) is 45.3. The Bertz CT molecular complexity index is 2390. The van der Waals surface area contributed by atoms with E-state index in [2.05, 4.69) is 41.0 Å². The van der Waals surface area contributed by atoms with Crippen LogP contribution in [0.2, 0.25) is 0 Å². The first kappa shape index (κ1) is 46.1. The number of amides is 4. The second-order valence-electron chi connectivity index (χ2n) is 15.8. The summed E-state index contributed by atoms with van der Waals surface area (Å²) in [5, 5.41) is 21.9. The normalized spacial score (nSPS) is 15.7. The average molecular weight is 889 g/mol. The predicted octanol–water partition coefficient (Wildman–Crippen LogP) is 5.77. The second kappa shape index (κ2) is 20.2. The van der Waals surface area contributed by atoms with Gasteiger partial charge in [-0.2, -0.15) is 0 Å². The van der Waals surface area contributed by atoms with E-state index in [-0.39, 0.29) is 38.4 Å². The van der Waals surface area contributed by atoms with Crippen LogP contribution in [0.3, 0.4) is 0 Å². The standard InChI is InChI=1S/C44H47F3N8O7S/c1-26-38(63-25-52-26)28-10-8-27(9-11-28)21-49-41(59)35-19-32(56)22-55(35)42(60)39(43(2,3)4)54-37(57)23-61-17-16-48-40(58)30-7-5-6-29(18-30)34-20-36(51-24-50-34)53-31-12-14-33(15-13-31)62-44(45,46)47/h5-15,18,20,24-25,32,35,39,56H,16-17,19,21-23H2,1-4H3,(H,48,58)(H,49,59)(H,54,57)(H,50,51,53)/t32-,35+,39?/m1/s1. The maximum atomic E-state index is 14.0. The van der Waals surface area contributed by atoms with Gasteiger partial charge in [-0.05, 0) is 59.9 Å². The number of hydrogen-bond acceptors (Lipinski definition) is 12. The van der Waals surface area contributed by atoms with E-state index in [1.807, 2.05) is 31.2 Å². The number of β-amino-alcohol motifs (C(OH)–C–C–N with tert-alkyl or cyclic N) is 1. The number of benzene rings is 3. The van der Waals surface area contributed by atoms with Crippen LogP contribution in [0.15, 0.2) is 90.7 Å². The minimum absolute atomic E-state index is 0.0224. The van der Waals surface area contributed by atoms with Crippen molar-refractivity contribution >= 4 is 46.5 Å². The van der Waals surface area contributed by atoms with Crippen molar-refractivity contribution in [3.8, 4) is 27.4 Å². The number of aliphatic hydroxyl groups is 1. The first-order valence-corrected chi connectivity index (χ1v) is 20.8. The number of alkyl halides is 3. The zero-order valence-corrected chi connectivity index (χ0v) is 35.7. The van der Waals surface area contributed by atoms with E-state index in [4.69, 9.17) is 4.74 Å². The highest BCUT2D eigenvalue weighted by molar-refractivity contribution is 7.13. The van der Waals surface area contributed by atoms with Crippen molar-refractivity contribution in [2.24, 2.45) is 5.41 Å². The summed E-state index contributed by atoms with van der Waals surface area (Å²) < 4.78 is 46.9. The molecular weight excluding hydrogens is 842 g/mol. The number of rotatable bonds is 16. The Labute approximate surface area is 365 Å². The molecule has 1 unspecified atom stereocenters. The fourth-order valence-electron chi connectivity index (χ4n) is 6.78. The Morgan fingerprint density at radius 1 is 0.937 bits per heavy atom. The molecule has 63 heavy (non-hydrogen) atoms. The molecule has 6 rings (SSSR count). The van der Waals surface area contributed by atoms with Gasteiger partial charge < -0.3 is 40.7 Å². The van der Waals surface area contributed by atoms with Crippen molar-refractivity contribution in [1.82, 2.24) is 35.8 Å². The number of hydrogen-bond donors (Lipinski definition) is 5. The van der Waals surface area contributed by atoms with Crippen LogP contribution < -0.4 is 26.0 Å². The van der Waals surface area contributed by atoms with E-state index in [9.17, 15) is 37.5 Å². The van der Waals surface area contributed by atoms with Crippen LogP contribution in [0.5, 0.6) is 5.75 Å². The third-order valence-electron chi connectivity index (χ3n) is 9.92. The van der Waals surface area contributed by atoms with E-state index >= 15 is 0 Å². The highest BCUT2D eigenvalue weighted by Gasteiger charge is 2.44. The fourth-order valence-corrected chi connectivity index (χ4v) is 7.59. The molecule has 5 aromatic rings. The van der Waals surface area contributed by atoms with Gasteiger partial charge in [0.25, 0.3) is 5.91 Å². The number of nitrogens with zero attached hydrogens (tertiary/aromatic N) is 4. The molecule has 0 bridgehead atoms. The number of carbonyl (C=O) groups excluding carboxylic acids is 4. The first-order valence-electron chi connectivity index (χ1n) is 19.9. The molecule has 3 aromatic carbocycles. The number of aromatic nitrogens is 3. The number of carbonyl (C=O) groups is 4. The van der Waals surface area contributed by atoms with Gasteiger partial charge in [0.05, 0.1) is 34.5 Å². The largest absolute Gasteiger partial charge is 0.573 e. The van der Waals surface area contributed by atoms with Crippen LogP contribution in [0.25, 0.3) is 21.7 Å². The topological polar surface area (TPSA) is 197 Å². The molecule has 1 aliphatic rings. The van der Waals surface area contributed by atoms with Crippen LogP contribution in [0.4, 0.5) is 24.7 Å². The summed E-state index contributed by atoms with van der Waals surface area (Å²) in [6.45, 7) is 7.08. The molecule has 0 saturated carbocycles.